The van der Waals surface area contributed by atoms with Gasteiger partial charge in [-0.2, -0.15) is 0 Å². The molecule has 0 spiro atoms. The number of carbonyl (C=O) groups is 1. The van der Waals surface area contributed by atoms with Gasteiger partial charge in [-0.05, 0) is 38.8 Å². The number of amides is 1. The topological polar surface area (TPSA) is 52.2 Å². The van der Waals surface area contributed by atoms with Gasteiger partial charge in [0.05, 0.1) is 6.54 Å². The van der Waals surface area contributed by atoms with Gasteiger partial charge < -0.3 is 9.88 Å². The second-order valence-corrected chi connectivity index (χ2v) is 6.70. The van der Waals surface area contributed by atoms with E-state index >= 15 is 0 Å². The van der Waals surface area contributed by atoms with E-state index in [1.807, 2.05) is 6.20 Å². The normalized spacial score (nSPS) is 24.7. The summed E-state index contributed by atoms with van der Waals surface area (Å²) in [7, 11) is 0. The second kappa shape index (κ2) is 7.77. The van der Waals surface area contributed by atoms with Crippen LogP contribution in [0.4, 0.5) is 0 Å². The van der Waals surface area contributed by atoms with Gasteiger partial charge in [0.15, 0.2) is 0 Å². The summed E-state index contributed by atoms with van der Waals surface area (Å²) in [5.41, 5.74) is 0. The van der Waals surface area contributed by atoms with E-state index in [1.165, 1.54) is 32.1 Å². The fourth-order valence-corrected chi connectivity index (χ4v) is 3.69. The molecule has 0 aliphatic carbocycles. The molecule has 1 N–H and O–H groups in total. The van der Waals surface area contributed by atoms with E-state index in [0.717, 1.165) is 44.8 Å². The summed E-state index contributed by atoms with van der Waals surface area (Å²) < 4.78 is 0. The van der Waals surface area contributed by atoms with Crippen molar-refractivity contribution in [1.29, 1.82) is 0 Å². The van der Waals surface area contributed by atoms with Crippen LogP contribution in [0, 0.1) is 0 Å². The van der Waals surface area contributed by atoms with Gasteiger partial charge in [0.2, 0.25) is 5.91 Å². The summed E-state index contributed by atoms with van der Waals surface area (Å²) in [6, 6.07) is 0. The molecule has 1 aromatic heterocycles. The van der Waals surface area contributed by atoms with Crippen molar-refractivity contribution < 1.29 is 4.79 Å². The zero-order valence-corrected chi connectivity index (χ0v) is 13.5. The van der Waals surface area contributed by atoms with Gasteiger partial charge in [0, 0.05) is 31.4 Å². The number of nitrogens with zero attached hydrogens (tertiary/aromatic N) is 3. The lowest BCUT2D eigenvalue weighted by Crippen LogP contribution is -2.45. The summed E-state index contributed by atoms with van der Waals surface area (Å²) in [6.45, 7) is 4.50. The molecule has 3 rings (SSSR count). The lowest BCUT2D eigenvalue weighted by molar-refractivity contribution is -0.133. The van der Waals surface area contributed by atoms with E-state index in [9.17, 15) is 4.79 Å². The Morgan fingerprint density at radius 3 is 2.64 bits per heavy atom. The number of H-pyrrole nitrogens is 1. The number of hydrogen-bond donors (Lipinski definition) is 1. The highest BCUT2D eigenvalue weighted by Crippen LogP contribution is 2.24. The molecule has 1 atom stereocenters. The smallest absolute Gasteiger partial charge is 0.236 e. The first-order valence-corrected chi connectivity index (χ1v) is 8.82. The highest BCUT2D eigenvalue weighted by Gasteiger charge is 2.27. The van der Waals surface area contributed by atoms with E-state index in [-0.39, 0.29) is 0 Å². The molecule has 22 heavy (non-hydrogen) atoms. The molecular weight excluding hydrogens is 276 g/mol. The molecule has 1 amide bonds. The van der Waals surface area contributed by atoms with Gasteiger partial charge in [-0.15, -0.1) is 0 Å². The molecule has 0 unspecified atom stereocenters. The predicted molar refractivity (Wildman–Crippen MR) is 86.7 cm³/mol. The third-order valence-electron chi connectivity index (χ3n) is 4.99. The van der Waals surface area contributed by atoms with Gasteiger partial charge in [0.1, 0.15) is 5.82 Å². The van der Waals surface area contributed by atoms with Crippen LogP contribution in [0.15, 0.2) is 12.4 Å². The van der Waals surface area contributed by atoms with Crippen molar-refractivity contribution in [2.24, 2.45) is 0 Å². The summed E-state index contributed by atoms with van der Waals surface area (Å²) in [5, 5.41) is 0. The molecular formula is C17H28N4O. The maximum absolute atomic E-state index is 12.6. The van der Waals surface area contributed by atoms with Crippen molar-refractivity contribution in [3.05, 3.63) is 18.2 Å². The molecule has 0 bridgehead atoms. The second-order valence-electron chi connectivity index (χ2n) is 6.70. The Balaban J connectivity index is 1.52. The van der Waals surface area contributed by atoms with Crippen molar-refractivity contribution in [1.82, 2.24) is 19.8 Å². The fourth-order valence-electron chi connectivity index (χ4n) is 3.69. The lowest BCUT2D eigenvalue weighted by atomic mass is 9.97. The quantitative estimate of drug-likeness (QED) is 0.933. The third kappa shape index (κ3) is 4.09. The molecule has 0 radical (unpaired) electrons. The summed E-state index contributed by atoms with van der Waals surface area (Å²) in [4.78, 5) is 24.6. The molecule has 2 fully saturated rings. The maximum Gasteiger partial charge on any atom is 0.236 e. The maximum atomic E-state index is 12.6. The van der Waals surface area contributed by atoms with Gasteiger partial charge in [0.25, 0.3) is 0 Å². The number of nitrogens with one attached hydrogen (secondary N) is 1. The van der Waals surface area contributed by atoms with Gasteiger partial charge in [-0.1, -0.05) is 19.3 Å². The number of rotatable bonds is 3. The largest absolute Gasteiger partial charge is 0.348 e. The number of imidazole rings is 1. The van der Waals surface area contributed by atoms with E-state index in [2.05, 4.69) is 19.8 Å². The molecule has 2 saturated heterocycles. The Hall–Kier alpha value is -1.36. The monoisotopic (exact) mass is 304 g/mol. The van der Waals surface area contributed by atoms with Crippen LogP contribution in [0.25, 0.3) is 0 Å². The molecule has 0 aromatic carbocycles. The predicted octanol–water partition coefficient (Wildman–Crippen LogP) is 2.38. The van der Waals surface area contributed by atoms with Gasteiger partial charge >= 0.3 is 0 Å². The Morgan fingerprint density at radius 2 is 1.91 bits per heavy atom. The van der Waals surface area contributed by atoms with Crippen LogP contribution >= 0.6 is 0 Å². The van der Waals surface area contributed by atoms with Crippen molar-refractivity contribution in [2.75, 3.05) is 32.7 Å². The summed E-state index contributed by atoms with van der Waals surface area (Å²) in [6.07, 6.45) is 12.3. The first-order valence-electron chi connectivity index (χ1n) is 8.82. The highest BCUT2D eigenvalue weighted by molar-refractivity contribution is 5.78. The molecule has 2 aliphatic rings. The van der Waals surface area contributed by atoms with Crippen molar-refractivity contribution in [3.63, 3.8) is 0 Å². The Kier molecular flexibility index (Phi) is 5.48. The molecule has 5 heteroatoms. The number of likely N-dealkylation sites (tertiary alicyclic amines) is 2. The van der Waals surface area contributed by atoms with Crippen LogP contribution in [-0.4, -0.2) is 58.4 Å². The molecule has 2 aliphatic heterocycles. The highest BCUT2D eigenvalue weighted by atomic mass is 16.2. The van der Waals surface area contributed by atoms with Crippen LogP contribution in [0.5, 0.6) is 0 Å². The van der Waals surface area contributed by atoms with Crippen LogP contribution in [0.2, 0.25) is 0 Å². The number of carbonyl (C=O) groups excluding carboxylic acids is 1. The minimum Gasteiger partial charge on any atom is -0.348 e. The Bertz CT molecular complexity index is 451. The Labute approximate surface area is 133 Å². The molecule has 122 valence electrons. The lowest BCUT2D eigenvalue weighted by Gasteiger charge is -2.34. The number of aromatic nitrogens is 2. The van der Waals surface area contributed by atoms with Crippen LogP contribution in [0.1, 0.15) is 56.7 Å². The molecule has 3 heterocycles. The third-order valence-corrected chi connectivity index (χ3v) is 4.99. The zero-order chi connectivity index (χ0) is 15.2. The number of piperidine rings is 1. The van der Waals surface area contributed by atoms with E-state index < -0.39 is 0 Å². The average molecular weight is 304 g/mol. The van der Waals surface area contributed by atoms with Crippen LogP contribution < -0.4 is 0 Å². The first kappa shape index (κ1) is 15.5. The van der Waals surface area contributed by atoms with E-state index in [1.54, 1.807) is 6.20 Å². The average Bonchev–Trinajstić information content (AvgIpc) is 3.04. The number of aromatic amines is 1. The number of hydrogen-bond acceptors (Lipinski definition) is 3. The minimum absolute atomic E-state index is 0.303. The summed E-state index contributed by atoms with van der Waals surface area (Å²) >= 11 is 0. The fraction of sp³-hybridized carbons (Fsp3) is 0.765. The van der Waals surface area contributed by atoms with Crippen molar-refractivity contribution >= 4 is 5.91 Å². The zero-order valence-electron chi connectivity index (χ0n) is 13.5. The Morgan fingerprint density at radius 1 is 1.14 bits per heavy atom. The molecule has 5 nitrogen and oxygen atoms in total. The van der Waals surface area contributed by atoms with Gasteiger partial charge in [-0.25, -0.2) is 4.98 Å². The van der Waals surface area contributed by atoms with Crippen molar-refractivity contribution in [2.45, 2.75) is 50.9 Å². The first-order chi connectivity index (χ1) is 10.8. The van der Waals surface area contributed by atoms with Crippen molar-refractivity contribution in [3.8, 4) is 0 Å². The minimum atomic E-state index is 0.303. The van der Waals surface area contributed by atoms with Crippen LogP contribution in [0.3, 0.4) is 0 Å². The van der Waals surface area contributed by atoms with Gasteiger partial charge in [-0.3, -0.25) is 9.69 Å². The standard InChI is InChI=1S/C17H28N4O/c22-16(14-20-10-4-2-1-3-5-11-20)21-12-6-7-15(13-21)17-18-8-9-19-17/h8-9,15H,1-7,10-14H2,(H,18,19)/t15-/m1/s1. The molecule has 0 saturated carbocycles. The SMILES string of the molecule is O=C(CN1CCCCCCC1)N1CCC[C@@H](c2ncc[nH]2)C1. The van der Waals surface area contributed by atoms with E-state index in [0.29, 0.717) is 18.4 Å². The van der Waals surface area contributed by atoms with E-state index in [4.69, 9.17) is 0 Å². The van der Waals surface area contributed by atoms with Crippen LogP contribution in [-0.2, 0) is 4.79 Å². The summed E-state index contributed by atoms with van der Waals surface area (Å²) in [5.74, 6) is 1.71. The molecule has 1 aromatic rings.